The molecule has 2 unspecified atom stereocenters. The lowest BCUT2D eigenvalue weighted by Gasteiger charge is -2.18. The number of nitrogens with two attached hydrogens (primary N) is 1. The maximum atomic E-state index is 5.73. The molecular formula is C17H26N2O. The smallest absolute Gasteiger partial charge is 0.0576 e. The fraction of sp³-hybridized carbons (Fsp3) is 0.647. The molecule has 0 aromatic heterocycles. The quantitative estimate of drug-likeness (QED) is 0.619. The molecule has 2 atom stereocenters. The maximum absolute atomic E-state index is 5.73. The summed E-state index contributed by atoms with van der Waals surface area (Å²) in [5, 5.41) is 0. The van der Waals surface area contributed by atoms with Gasteiger partial charge in [-0.05, 0) is 68.1 Å². The van der Waals surface area contributed by atoms with Gasteiger partial charge in [-0.2, -0.15) is 0 Å². The minimum absolute atomic E-state index is 0.360. The highest BCUT2D eigenvalue weighted by Gasteiger charge is 2.18. The van der Waals surface area contributed by atoms with Gasteiger partial charge in [0.15, 0.2) is 0 Å². The molecule has 1 aliphatic carbocycles. The summed E-state index contributed by atoms with van der Waals surface area (Å²) in [5.74, 6) is 5.73. The van der Waals surface area contributed by atoms with E-state index in [-0.39, 0.29) is 0 Å². The summed E-state index contributed by atoms with van der Waals surface area (Å²) in [4.78, 5) is 0. The third-order valence-corrected chi connectivity index (χ3v) is 4.74. The summed E-state index contributed by atoms with van der Waals surface area (Å²) in [7, 11) is 0. The molecule has 1 aromatic rings. The van der Waals surface area contributed by atoms with Gasteiger partial charge in [0.2, 0.25) is 0 Å². The van der Waals surface area contributed by atoms with E-state index in [9.17, 15) is 0 Å². The summed E-state index contributed by atoms with van der Waals surface area (Å²) in [6, 6.07) is 7.34. The molecule has 3 N–H and O–H groups in total. The molecule has 1 heterocycles. The van der Waals surface area contributed by atoms with E-state index in [0.29, 0.717) is 12.1 Å². The first-order valence-corrected chi connectivity index (χ1v) is 8.03. The van der Waals surface area contributed by atoms with Crippen LogP contribution in [-0.4, -0.2) is 18.8 Å². The molecule has 0 bridgehead atoms. The molecule has 2 aliphatic rings. The Hall–Kier alpha value is -0.900. The number of hydrazine groups is 1. The van der Waals surface area contributed by atoms with Crippen LogP contribution in [-0.2, 0) is 24.0 Å². The van der Waals surface area contributed by atoms with Crippen LogP contribution in [0.1, 0.15) is 48.8 Å². The SMILES string of the molecule is NNC(CCC1CCCO1)Cc1ccc2c(c1)CCC2. The van der Waals surface area contributed by atoms with Gasteiger partial charge >= 0.3 is 0 Å². The minimum atomic E-state index is 0.360. The Balaban J connectivity index is 1.54. The zero-order chi connectivity index (χ0) is 13.8. The molecule has 0 spiro atoms. The molecule has 3 rings (SSSR count). The van der Waals surface area contributed by atoms with Crippen LogP contribution in [0.4, 0.5) is 0 Å². The Morgan fingerprint density at radius 1 is 1.25 bits per heavy atom. The van der Waals surface area contributed by atoms with E-state index in [1.165, 1.54) is 37.7 Å². The van der Waals surface area contributed by atoms with Gasteiger partial charge in [-0.15, -0.1) is 0 Å². The number of nitrogens with one attached hydrogen (secondary N) is 1. The van der Waals surface area contributed by atoms with Crippen LogP contribution in [0.2, 0.25) is 0 Å². The largest absolute Gasteiger partial charge is 0.378 e. The van der Waals surface area contributed by atoms with E-state index in [0.717, 1.165) is 25.9 Å². The summed E-state index contributed by atoms with van der Waals surface area (Å²) >= 11 is 0. The Morgan fingerprint density at radius 3 is 2.95 bits per heavy atom. The predicted molar refractivity (Wildman–Crippen MR) is 81.5 cm³/mol. The van der Waals surface area contributed by atoms with E-state index in [1.54, 1.807) is 11.1 Å². The highest BCUT2D eigenvalue weighted by molar-refractivity contribution is 5.35. The van der Waals surface area contributed by atoms with Crippen LogP contribution in [0.3, 0.4) is 0 Å². The third-order valence-electron chi connectivity index (χ3n) is 4.74. The van der Waals surface area contributed by atoms with Crippen molar-refractivity contribution in [1.82, 2.24) is 5.43 Å². The summed E-state index contributed by atoms with van der Waals surface area (Å²) in [5.41, 5.74) is 7.50. The number of benzene rings is 1. The second kappa shape index (κ2) is 6.70. The topological polar surface area (TPSA) is 47.3 Å². The monoisotopic (exact) mass is 274 g/mol. The van der Waals surface area contributed by atoms with Gasteiger partial charge in [0.25, 0.3) is 0 Å². The van der Waals surface area contributed by atoms with Crippen molar-refractivity contribution in [2.45, 2.75) is 63.5 Å². The van der Waals surface area contributed by atoms with Crippen LogP contribution in [0.15, 0.2) is 18.2 Å². The van der Waals surface area contributed by atoms with Gasteiger partial charge < -0.3 is 4.74 Å². The zero-order valence-corrected chi connectivity index (χ0v) is 12.2. The fourth-order valence-electron chi connectivity index (χ4n) is 3.54. The van der Waals surface area contributed by atoms with E-state index >= 15 is 0 Å². The molecule has 0 amide bonds. The standard InChI is InChI=1S/C17H26N2O/c18-19-16(8-9-17-5-2-10-20-17)12-13-6-7-14-3-1-4-15(14)11-13/h6-7,11,16-17,19H,1-5,8-10,12,18H2. The molecule has 1 fully saturated rings. The third kappa shape index (κ3) is 3.40. The van der Waals surface area contributed by atoms with Crippen molar-refractivity contribution in [2.75, 3.05) is 6.61 Å². The normalized spacial score (nSPS) is 22.9. The first-order chi connectivity index (χ1) is 9.85. The Bertz CT molecular complexity index is 441. The molecule has 3 heteroatoms. The van der Waals surface area contributed by atoms with E-state index < -0.39 is 0 Å². The number of rotatable bonds is 6. The van der Waals surface area contributed by atoms with Crippen molar-refractivity contribution in [3.8, 4) is 0 Å². The van der Waals surface area contributed by atoms with Gasteiger partial charge in [-0.1, -0.05) is 18.2 Å². The molecule has 20 heavy (non-hydrogen) atoms. The van der Waals surface area contributed by atoms with Crippen molar-refractivity contribution < 1.29 is 4.74 Å². The molecule has 1 aromatic carbocycles. The zero-order valence-electron chi connectivity index (χ0n) is 12.2. The van der Waals surface area contributed by atoms with Crippen LogP contribution in [0, 0.1) is 0 Å². The second-order valence-corrected chi connectivity index (χ2v) is 6.24. The minimum Gasteiger partial charge on any atom is -0.378 e. The highest BCUT2D eigenvalue weighted by Crippen LogP contribution is 2.24. The lowest BCUT2D eigenvalue weighted by Crippen LogP contribution is -2.37. The molecule has 0 saturated carbocycles. The van der Waals surface area contributed by atoms with Crippen molar-refractivity contribution in [3.63, 3.8) is 0 Å². The van der Waals surface area contributed by atoms with Crippen molar-refractivity contribution >= 4 is 0 Å². The van der Waals surface area contributed by atoms with Gasteiger partial charge in [0.1, 0.15) is 0 Å². The summed E-state index contributed by atoms with van der Waals surface area (Å²) in [6.07, 6.45) is 9.97. The van der Waals surface area contributed by atoms with Gasteiger partial charge in [0, 0.05) is 12.6 Å². The lowest BCUT2D eigenvalue weighted by molar-refractivity contribution is 0.0996. The first-order valence-electron chi connectivity index (χ1n) is 8.03. The molecule has 110 valence electrons. The number of aryl methyl sites for hydroxylation is 2. The number of hydrogen-bond donors (Lipinski definition) is 2. The Labute approximate surface area is 121 Å². The van der Waals surface area contributed by atoms with Crippen molar-refractivity contribution in [1.29, 1.82) is 0 Å². The number of ether oxygens (including phenoxy) is 1. The van der Waals surface area contributed by atoms with Gasteiger partial charge in [-0.3, -0.25) is 11.3 Å². The molecule has 3 nitrogen and oxygen atoms in total. The summed E-state index contributed by atoms with van der Waals surface area (Å²) in [6.45, 7) is 0.941. The van der Waals surface area contributed by atoms with Crippen molar-refractivity contribution in [3.05, 3.63) is 34.9 Å². The Morgan fingerprint density at radius 2 is 2.15 bits per heavy atom. The maximum Gasteiger partial charge on any atom is 0.0576 e. The van der Waals surface area contributed by atoms with Crippen LogP contribution in [0.25, 0.3) is 0 Å². The average molecular weight is 274 g/mol. The molecular weight excluding hydrogens is 248 g/mol. The first kappa shape index (κ1) is 14.1. The number of hydrogen-bond acceptors (Lipinski definition) is 3. The van der Waals surface area contributed by atoms with Gasteiger partial charge in [-0.25, -0.2) is 0 Å². The predicted octanol–water partition coefficient (Wildman–Crippen LogP) is 2.51. The molecule has 1 saturated heterocycles. The number of fused-ring (bicyclic) bond motifs is 1. The average Bonchev–Trinajstić information content (AvgIpc) is 3.13. The second-order valence-electron chi connectivity index (χ2n) is 6.24. The van der Waals surface area contributed by atoms with E-state index in [1.807, 2.05) is 0 Å². The molecule has 0 radical (unpaired) electrons. The lowest BCUT2D eigenvalue weighted by atomic mass is 9.97. The van der Waals surface area contributed by atoms with E-state index in [4.69, 9.17) is 10.6 Å². The van der Waals surface area contributed by atoms with Gasteiger partial charge in [0.05, 0.1) is 6.10 Å². The highest BCUT2D eigenvalue weighted by atomic mass is 16.5. The Kier molecular flexibility index (Phi) is 4.71. The molecule has 1 aliphatic heterocycles. The summed E-state index contributed by atoms with van der Waals surface area (Å²) < 4.78 is 5.69. The van der Waals surface area contributed by atoms with Crippen LogP contribution in [0.5, 0.6) is 0 Å². The fourth-order valence-corrected chi connectivity index (χ4v) is 3.54. The van der Waals surface area contributed by atoms with Crippen LogP contribution < -0.4 is 11.3 Å². The van der Waals surface area contributed by atoms with E-state index in [2.05, 4.69) is 23.6 Å². The van der Waals surface area contributed by atoms with Crippen molar-refractivity contribution in [2.24, 2.45) is 5.84 Å². The van der Waals surface area contributed by atoms with Crippen LogP contribution >= 0.6 is 0 Å².